The van der Waals surface area contributed by atoms with E-state index < -0.39 is 0 Å². The Hall–Kier alpha value is -1.36. The van der Waals surface area contributed by atoms with Gasteiger partial charge in [0, 0.05) is 10.7 Å². The molecule has 1 aromatic carbocycles. The van der Waals surface area contributed by atoms with Crippen LogP contribution in [0.5, 0.6) is 0 Å². The molecule has 0 unspecified atom stereocenters. The SMILES string of the molecule is Cc1occc1C(=S)Nc1ccc(Cl)c(COC(C)(C)C)c1. The normalized spacial score (nSPS) is 11.5. The second-order valence-corrected chi connectivity index (χ2v) is 6.87. The molecule has 22 heavy (non-hydrogen) atoms. The van der Waals surface area contributed by atoms with Gasteiger partial charge in [0.05, 0.1) is 24.0 Å². The molecule has 0 bridgehead atoms. The van der Waals surface area contributed by atoms with Crippen LogP contribution in [0.25, 0.3) is 0 Å². The highest BCUT2D eigenvalue weighted by Crippen LogP contribution is 2.24. The number of nitrogens with one attached hydrogen (secondary N) is 1. The van der Waals surface area contributed by atoms with E-state index in [4.69, 9.17) is 33.0 Å². The van der Waals surface area contributed by atoms with Crippen molar-refractivity contribution in [3.05, 3.63) is 52.4 Å². The first-order valence-corrected chi connectivity index (χ1v) is 7.83. The summed E-state index contributed by atoms with van der Waals surface area (Å²) >= 11 is 11.6. The van der Waals surface area contributed by atoms with Crippen LogP contribution in [-0.2, 0) is 11.3 Å². The molecule has 0 saturated carbocycles. The Morgan fingerprint density at radius 3 is 2.64 bits per heavy atom. The summed E-state index contributed by atoms with van der Waals surface area (Å²) in [5, 5.41) is 3.89. The number of ether oxygens (including phenoxy) is 1. The standard InChI is InChI=1S/C17H20ClNO2S/c1-11-14(7-8-20-11)16(22)19-13-5-6-15(18)12(9-13)10-21-17(2,3)4/h5-9H,10H2,1-4H3,(H,19,22). The lowest BCUT2D eigenvalue weighted by atomic mass is 10.1. The molecule has 118 valence electrons. The van der Waals surface area contributed by atoms with E-state index in [1.165, 1.54) is 0 Å². The Kier molecular flexibility index (Phi) is 5.27. The predicted molar refractivity (Wildman–Crippen MR) is 94.8 cm³/mol. The molecule has 1 heterocycles. The zero-order valence-corrected chi connectivity index (χ0v) is 14.8. The Labute approximate surface area is 141 Å². The molecule has 5 heteroatoms. The van der Waals surface area contributed by atoms with E-state index in [0.717, 1.165) is 22.6 Å². The second kappa shape index (κ2) is 6.82. The van der Waals surface area contributed by atoms with E-state index in [0.29, 0.717) is 16.6 Å². The molecule has 0 fully saturated rings. The number of rotatable bonds is 4. The van der Waals surface area contributed by atoms with Crippen LogP contribution in [-0.4, -0.2) is 10.6 Å². The maximum Gasteiger partial charge on any atom is 0.114 e. The maximum absolute atomic E-state index is 6.23. The molecule has 0 aliphatic rings. The largest absolute Gasteiger partial charge is 0.469 e. The molecule has 0 aliphatic heterocycles. The first-order chi connectivity index (χ1) is 10.3. The van der Waals surface area contributed by atoms with Gasteiger partial charge in [0.2, 0.25) is 0 Å². The van der Waals surface area contributed by atoms with Crippen molar-refractivity contribution in [1.82, 2.24) is 0 Å². The Morgan fingerprint density at radius 1 is 1.32 bits per heavy atom. The van der Waals surface area contributed by atoms with Gasteiger partial charge >= 0.3 is 0 Å². The Balaban J connectivity index is 2.12. The molecular weight excluding hydrogens is 318 g/mol. The monoisotopic (exact) mass is 337 g/mol. The van der Waals surface area contributed by atoms with Crippen LogP contribution in [0.1, 0.15) is 37.7 Å². The van der Waals surface area contributed by atoms with Gasteiger partial charge in [-0.05, 0) is 57.5 Å². The third kappa shape index (κ3) is 4.57. The summed E-state index contributed by atoms with van der Waals surface area (Å²) in [5.74, 6) is 0.794. The number of furan rings is 1. The fourth-order valence-electron chi connectivity index (χ4n) is 1.88. The quantitative estimate of drug-likeness (QED) is 0.763. The third-order valence-corrected chi connectivity index (χ3v) is 3.76. The van der Waals surface area contributed by atoms with E-state index in [2.05, 4.69) is 5.32 Å². The molecule has 0 amide bonds. The highest BCUT2D eigenvalue weighted by atomic mass is 35.5. The van der Waals surface area contributed by atoms with Gasteiger partial charge in [-0.1, -0.05) is 23.8 Å². The van der Waals surface area contributed by atoms with Crippen molar-refractivity contribution >= 4 is 34.5 Å². The minimum atomic E-state index is -0.212. The summed E-state index contributed by atoms with van der Waals surface area (Å²) < 4.78 is 11.1. The molecule has 0 radical (unpaired) electrons. The second-order valence-electron chi connectivity index (χ2n) is 6.05. The first kappa shape index (κ1) is 17.0. The van der Waals surface area contributed by atoms with Gasteiger partial charge in [0.25, 0.3) is 0 Å². The van der Waals surface area contributed by atoms with E-state index in [1.807, 2.05) is 52.0 Å². The first-order valence-electron chi connectivity index (χ1n) is 7.04. The van der Waals surface area contributed by atoms with Crippen LogP contribution < -0.4 is 5.32 Å². The number of thiocarbonyl (C=S) groups is 1. The molecule has 0 aliphatic carbocycles. The molecule has 2 aromatic rings. The van der Waals surface area contributed by atoms with Gasteiger partial charge in [-0.3, -0.25) is 0 Å². The fraction of sp³-hybridized carbons (Fsp3) is 0.353. The predicted octanol–water partition coefficient (Wildman–Crippen LogP) is 5.34. The van der Waals surface area contributed by atoms with Gasteiger partial charge < -0.3 is 14.5 Å². The number of benzene rings is 1. The molecular formula is C17H20ClNO2S. The summed E-state index contributed by atoms with van der Waals surface area (Å²) in [6.07, 6.45) is 1.63. The van der Waals surface area contributed by atoms with E-state index in [1.54, 1.807) is 6.26 Å². The van der Waals surface area contributed by atoms with E-state index in [-0.39, 0.29) is 5.60 Å². The van der Waals surface area contributed by atoms with Gasteiger partial charge in [0.15, 0.2) is 0 Å². The Morgan fingerprint density at radius 2 is 2.05 bits per heavy atom. The molecule has 0 atom stereocenters. The van der Waals surface area contributed by atoms with Gasteiger partial charge in [-0.2, -0.15) is 0 Å². The minimum Gasteiger partial charge on any atom is -0.469 e. The molecule has 1 aromatic heterocycles. The molecule has 2 rings (SSSR count). The average Bonchev–Trinajstić information content (AvgIpc) is 2.84. The van der Waals surface area contributed by atoms with Crippen molar-refractivity contribution in [3.63, 3.8) is 0 Å². The van der Waals surface area contributed by atoms with Crippen LogP contribution in [0.2, 0.25) is 5.02 Å². The Bertz CT molecular complexity index is 674. The highest BCUT2D eigenvalue weighted by Gasteiger charge is 2.13. The highest BCUT2D eigenvalue weighted by molar-refractivity contribution is 7.81. The minimum absolute atomic E-state index is 0.212. The maximum atomic E-state index is 6.23. The topological polar surface area (TPSA) is 34.4 Å². The number of hydrogen-bond donors (Lipinski definition) is 1. The molecule has 0 spiro atoms. The van der Waals surface area contributed by atoms with Crippen LogP contribution in [0.3, 0.4) is 0 Å². The zero-order valence-electron chi connectivity index (χ0n) is 13.2. The van der Waals surface area contributed by atoms with Crippen LogP contribution in [0, 0.1) is 6.92 Å². The molecule has 3 nitrogen and oxygen atoms in total. The molecule has 1 N–H and O–H groups in total. The summed E-state index contributed by atoms with van der Waals surface area (Å²) in [7, 11) is 0. The lowest BCUT2D eigenvalue weighted by Gasteiger charge is -2.20. The van der Waals surface area contributed by atoms with Crippen LogP contribution in [0.4, 0.5) is 5.69 Å². The average molecular weight is 338 g/mol. The summed E-state index contributed by atoms with van der Waals surface area (Å²) in [4.78, 5) is 0.622. The van der Waals surface area contributed by atoms with Crippen LogP contribution >= 0.6 is 23.8 Å². The van der Waals surface area contributed by atoms with Crippen molar-refractivity contribution in [1.29, 1.82) is 0 Å². The lowest BCUT2D eigenvalue weighted by Crippen LogP contribution is -2.19. The van der Waals surface area contributed by atoms with Gasteiger partial charge in [0.1, 0.15) is 10.7 Å². The number of anilines is 1. The zero-order chi connectivity index (χ0) is 16.3. The van der Waals surface area contributed by atoms with Gasteiger partial charge in [-0.25, -0.2) is 0 Å². The van der Waals surface area contributed by atoms with Crippen molar-refractivity contribution in [2.45, 2.75) is 39.9 Å². The summed E-state index contributed by atoms with van der Waals surface area (Å²) in [5.41, 5.74) is 2.48. The molecule has 0 saturated heterocycles. The smallest absolute Gasteiger partial charge is 0.114 e. The van der Waals surface area contributed by atoms with Crippen molar-refractivity contribution < 1.29 is 9.15 Å². The lowest BCUT2D eigenvalue weighted by molar-refractivity contribution is -0.0149. The third-order valence-electron chi connectivity index (χ3n) is 3.07. The number of hydrogen-bond acceptors (Lipinski definition) is 3. The van der Waals surface area contributed by atoms with Crippen molar-refractivity contribution in [2.24, 2.45) is 0 Å². The number of aryl methyl sites for hydroxylation is 1. The summed E-state index contributed by atoms with van der Waals surface area (Å²) in [6.45, 7) is 8.38. The van der Waals surface area contributed by atoms with E-state index in [9.17, 15) is 0 Å². The number of halogens is 1. The van der Waals surface area contributed by atoms with Crippen molar-refractivity contribution in [3.8, 4) is 0 Å². The van der Waals surface area contributed by atoms with Crippen molar-refractivity contribution in [2.75, 3.05) is 5.32 Å². The summed E-state index contributed by atoms with van der Waals surface area (Å²) in [6, 6.07) is 7.54. The fourth-order valence-corrected chi connectivity index (χ4v) is 2.38. The van der Waals surface area contributed by atoms with Gasteiger partial charge in [-0.15, -0.1) is 0 Å². The van der Waals surface area contributed by atoms with Crippen LogP contribution in [0.15, 0.2) is 34.9 Å². The van der Waals surface area contributed by atoms with E-state index >= 15 is 0 Å².